The van der Waals surface area contributed by atoms with Crippen LogP contribution in [0.2, 0.25) is 0 Å². The van der Waals surface area contributed by atoms with Gasteiger partial charge < -0.3 is 10.2 Å². The summed E-state index contributed by atoms with van der Waals surface area (Å²) in [7, 11) is 2.20. The minimum atomic E-state index is 0.976. The summed E-state index contributed by atoms with van der Waals surface area (Å²) in [6, 6.07) is 34.4. The van der Waals surface area contributed by atoms with Gasteiger partial charge in [0, 0.05) is 49.4 Å². The first-order chi connectivity index (χ1) is 17.2. The van der Waals surface area contributed by atoms with Gasteiger partial charge in [0.1, 0.15) is 0 Å². The molecule has 5 aromatic rings. The number of anilines is 2. The van der Waals surface area contributed by atoms with Crippen LogP contribution in [0.15, 0.2) is 97.1 Å². The maximum absolute atomic E-state index is 4.99. The fraction of sp³-hybridized carbons (Fsp3) is 0.194. The number of nitrogens with zero attached hydrogens (tertiary/aromatic N) is 3. The van der Waals surface area contributed by atoms with Crippen LogP contribution in [0, 0.1) is 0 Å². The Bertz CT molecular complexity index is 1470. The summed E-state index contributed by atoms with van der Waals surface area (Å²) in [6.07, 6.45) is 0. The molecule has 0 bridgehead atoms. The molecule has 4 aromatic carbocycles. The van der Waals surface area contributed by atoms with E-state index in [1.54, 1.807) is 0 Å². The number of hydrogen-bond acceptors (Lipinski definition) is 4. The number of nitrogens with one attached hydrogen (secondary N) is 1. The maximum Gasteiger partial charge on any atom is 0.0730 e. The molecule has 35 heavy (non-hydrogen) atoms. The lowest BCUT2D eigenvalue weighted by atomic mass is 10.0. The van der Waals surface area contributed by atoms with Crippen molar-refractivity contribution in [2.24, 2.45) is 0 Å². The van der Waals surface area contributed by atoms with Crippen LogP contribution >= 0.6 is 0 Å². The van der Waals surface area contributed by atoms with Crippen LogP contribution in [0.4, 0.5) is 11.4 Å². The molecule has 1 saturated heterocycles. The van der Waals surface area contributed by atoms with E-state index in [1.165, 1.54) is 16.3 Å². The van der Waals surface area contributed by atoms with E-state index in [0.29, 0.717) is 0 Å². The van der Waals surface area contributed by atoms with Gasteiger partial charge in [-0.3, -0.25) is 4.90 Å². The highest BCUT2D eigenvalue weighted by atomic mass is 15.2. The van der Waals surface area contributed by atoms with E-state index in [1.807, 2.05) is 0 Å². The molecule has 0 aliphatic carbocycles. The van der Waals surface area contributed by atoms with Crippen LogP contribution in [0.25, 0.3) is 32.9 Å². The van der Waals surface area contributed by atoms with E-state index in [4.69, 9.17) is 4.98 Å². The molecule has 1 N–H and O–H groups in total. The molecule has 0 spiro atoms. The molecule has 1 aliphatic heterocycles. The van der Waals surface area contributed by atoms with Crippen LogP contribution in [-0.2, 0) is 6.54 Å². The zero-order chi connectivity index (χ0) is 23.6. The van der Waals surface area contributed by atoms with Gasteiger partial charge in [-0.15, -0.1) is 0 Å². The molecule has 174 valence electrons. The number of fused-ring (bicyclic) bond motifs is 2. The zero-order valence-electron chi connectivity index (χ0n) is 20.1. The molecule has 0 radical (unpaired) electrons. The second-order valence-corrected chi connectivity index (χ2v) is 9.54. The Balaban J connectivity index is 1.28. The van der Waals surface area contributed by atoms with Crippen molar-refractivity contribution in [1.29, 1.82) is 0 Å². The van der Waals surface area contributed by atoms with Crippen LogP contribution in [0.3, 0.4) is 0 Å². The molecule has 4 nitrogen and oxygen atoms in total. The van der Waals surface area contributed by atoms with Gasteiger partial charge in [0.15, 0.2) is 0 Å². The predicted molar refractivity (Wildman–Crippen MR) is 147 cm³/mol. The third kappa shape index (κ3) is 4.76. The second-order valence-electron chi connectivity index (χ2n) is 9.54. The number of aromatic nitrogens is 1. The zero-order valence-corrected chi connectivity index (χ0v) is 20.1. The van der Waals surface area contributed by atoms with E-state index >= 15 is 0 Å². The van der Waals surface area contributed by atoms with Crippen molar-refractivity contribution >= 4 is 33.1 Å². The predicted octanol–water partition coefficient (Wildman–Crippen LogP) is 6.55. The molecule has 1 aliphatic rings. The van der Waals surface area contributed by atoms with Crippen molar-refractivity contribution in [2.75, 3.05) is 38.5 Å². The molecule has 4 heteroatoms. The largest absolute Gasteiger partial charge is 0.355 e. The Kier molecular flexibility index (Phi) is 5.91. The average molecular weight is 459 g/mol. The lowest BCUT2D eigenvalue weighted by molar-refractivity contribution is 0.148. The van der Waals surface area contributed by atoms with E-state index in [-0.39, 0.29) is 0 Å². The second kappa shape index (κ2) is 9.49. The Morgan fingerprint density at radius 3 is 2.31 bits per heavy atom. The van der Waals surface area contributed by atoms with E-state index in [2.05, 4.69) is 119 Å². The summed E-state index contributed by atoms with van der Waals surface area (Å²) in [4.78, 5) is 9.92. The van der Waals surface area contributed by atoms with Crippen molar-refractivity contribution < 1.29 is 0 Å². The molecule has 2 heterocycles. The van der Waals surface area contributed by atoms with Gasteiger partial charge in [0.05, 0.1) is 16.9 Å². The van der Waals surface area contributed by atoms with Gasteiger partial charge in [-0.2, -0.15) is 0 Å². The van der Waals surface area contributed by atoms with Gasteiger partial charge in [-0.25, -0.2) is 4.98 Å². The maximum atomic E-state index is 4.99. The number of piperazine rings is 1. The molecule has 0 unspecified atom stereocenters. The quantitative estimate of drug-likeness (QED) is 0.324. The molecule has 0 amide bonds. The third-order valence-electron chi connectivity index (χ3n) is 7.00. The molecular weight excluding hydrogens is 428 g/mol. The Morgan fingerprint density at radius 2 is 1.49 bits per heavy atom. The van der Waals surface area contributed by atoms with Crippen LogP contribution < -0.4 is 5.32 Å². The Labute approximate surface area is 206 Å². The summed E-state index contributed by atoms with van der Waals surface area (Å²) in [6.45, 7) is 5.58. The molecule has 1 aromatic heterocycles. The smallest absolute Gasteiger partial charge is 0.0730 e. The summed E-state index contributed by atoms with van der Waals surface area (Å²) in [5.41, 5.74) is 6.62. The van der Waals surface area contributed by atoms with Gasteiger partial charge in [0.2, 0.25) is 0 Å². The topological polar surface area (TPSA) is 31.4 Å². The van der Waals surface area contributed by atoms with Crippen molar-refractivity contribution in [2.45, 2.75) is 6.54 Å². The fourth-order valence-corrected chi connectivity index (χ4v) is 4.89. The van der Waals surface area contributed by atoms with Crippen LogP contribution in [0.5, 0.6) is 0 Å². The molecular formula is C31H30N4. The fourth-order valence-electron chi connectivity index (χ4n) is 4.89. The minimum absolute atomic E-state index is 0.976. The van der Waals surface area contributed by atoms with Crippen LogP contribution in [-0.4, -0.2) is 48.0 Å². The summed E-state index contributed by atoms with van der Waals surface area (Å²) >= 11 is 0. The van der Waals surface area contributed by atoms with Crippen LogP contribution in [0.1, 0.15) is 5.56 Å². The number of likely N-dealkylation sites (N-methyl/N-ethyl adjacent to an activating group) is 1. The summed E-state index contributed by atoms with van der Waals surface area (Å²) in [5, 5.41) is 7.26. The van der Waals surface area contributed by atoms with Crippen molar-refractivity contribution in [3.05, 3.63) is 103 Å². The molecule has 1 fully saturated rings. The number of hydrogen-bond donors (Lipinski definition) is 1. The van der Waals surface area contributed by atoms with E-state index in [9.17, 15) is 0 Å². The van der Waals surface area contributed by atoms with Crippen molar-refractivity contribution in [1.82, 2.24) is 14.8 Å². The molecule has 0 atom stereocenters. The Hall–Kier alpha value is -3.73. The Morgan fingerprint density at radius 1 is 0.743 bits per heavy atom. The van der Waals surface area contributed by atoms with Gasteiger partial charge in [-0.1, -0.05) is 66.7 Å². The highest BCUT2D eigenvalue weighted by Gasteiger charge is 2.14. The van der Waals surface area contributed by atoms with E-state index < -0.39 is 0 Å². The highest BCUT2D eigenvalue weighted by molar-refractivity contribution is 5.96. The first-order valence-electron chi connectivity index (χ1n) is 12.4. The van der Waals surface area contributed by atoms with Gasteiger partial charge >= 0.3 is 0 Å². The summed E-state index contributed by atoms with van der Waals surface area (Å²) < 4.78 is 0. The number of rotatable bonds is 5. The number of pyridine rings is 1. The standard InChI is InChI=1S/C31H30N4/c1-34-16-18-35(19-17-34)22-23-10-14-27(15-11-23)32-31-21-30(33-29-9-5-4-8-28(29)31)26-13-12-24-6-2-3-7-25(24)20-26/h2-15,20-21H,16-19,22H2,1H3,(H,32,33). The first-order valence-corrected chi connectivity index (χ1v) is 12.4. The van der Waals surface area contributed by atoms with Crippen molar-refractivity contribution in [3.63, 3.8) is 0 Å². The normalized spacial score (nSPS) is 15.0. The lowest BCUT2D eigenvalue weighted by Crippen LogP contribution is -2.43. The third-order valence-corrected chi connectivity index (χ3v) is 7.00. The molecule has 0 saturated carbocycles. The van der Waals surface area contributed by atoms with Gasteiger partial charge in [-0.05, 0) is 53.7 Å². The van der Waals surface area contributed by atoms with Crippen molar-refractivity contribution in [3.8, 4) is 11.3 Å². The monoisotopic (exact) mass is 458 g/mol. The SMILES string of the molecule is CN1CCN(Cc2ccc(Nc3cc(-c4ccc5ccccc5c4)nc4ccccc34)cc2)CC1. The van der Waals surface area contributed by atoms with E-state index in [0.717, 1.165) is 66.3 Å². The average Bonchev–Trinajstić information content (AvgIpc) is 2.91. The number of para-hydroxylation sites is 1. The molecule has 6 rings (SSSR count). The highest BCUT2D eigenvalue weighted by Crippen LogP contribution is 2.32. The summed E-state index contributed by atoms with van der Waals surface area (Å²) in [5.74, 6) is 0. The number of benzene rings is 4. The minimum Gasteiger partial charge on any atom is -0.355 e. The van der Waals surface area contributed by atoms with Gasteiger partial charge in [0.25, 0.3) is 0 Å². The first kappa shape index (κ1) is 21.8. The lowest BCUT2D eigenvalue weighted by Gasteiger charge is -2.32.